The Balaban J connectivity index is 3.66. The summed E-state index contributed by atoms with van der Waals surface area (Å²) in [6.45, 7) is 6.47. The smallest absolute Gasteiger partial charge is 0.220 e. The first-order valence-electron chi connectivity index (χ1n) is 4.81. The Labute approximate surface area is 91.7 Å². The Morgan fingerprint density at radius 1 is 1.20 bits per heavy atom. The van der Waals surface area contributed by atoms with Gasteiger partial charge in [0.15, 0.2) is 0 Å². The summed E-state index contributed by atoms with van der Waals surface area (Å²) in [7, 11) is -3.16. The van der Waals surface area contributed by atoms with Crippen LogP contribution in [0.3, 0.4) is 0 Å². The Kier molecular flexibility index (Phi) is 5.23. The molecule has 0 aliphatic carbocycles. The van der Waals surface area contributed by atoms with Crippen LogP contribution in [0.25, 0.3) is 0 Å². The number of carbonyl (C=O) groups is 1. The van der Waals surface area contributed by atoms with Gasteiger partial charge in [0.05, 0.1) is 6.26 Å². The van der Waals surface area contributed by atoms with E-state index in [0.717, 1.165) is 6.26 Å². The molecule has 0 aromatic heterocycles. The lowest BCUT2D eigenvalue weighted by Gasteiger charge is -2.17. The predicted molar refractivity (Wildman–Crippen MR) is 59.9 cm³/mol. The molecule has 6 heteroatoms. The van der Waals surface area contributed by atoms with Crippen LogP contribution in [0.4, 0.5) is 0 Å². The summed E-state index contributed by atoms with van der Waals surface area (Å²) in [5.41, 5.74) is -0.0473. The number of hydrogen-bond acceptors (Lipinski definition) is 3. The standard InChI is InChI=1S/C9H20N2O3S/c1-9(2,3)7-8(12)10-5-6-11-15(4,13)14/h11H,5-7H2,1-4H3,(H,10,12). The summed E-state index contributed by atoms with van der Waals surface area (Å²) in [6.07, 6.45) is 1.52. The van der Waals surface area contributed by atoms with Crippen LogP contribution < -0.4 is 10.0 Å². The van der Waals surface area contributed by atoms with Crippen LogP contribution in [-0.4, -0.2) is 33.7 Å². The highest BCUT2D eigenvalue weighted by Gasteiger charge is 2.15. The van der Waals surface area contributed by atoms with Crippen LogP contribution in [0.15, 0.2) is 0 Å². The van der Waals surface area contributed by atoms with Crippen molar-refractivity contribution in [2.45, 2.75) is 27.2 Å². The molecule has 0 unspecified atom stereocenters. The molecule has 0 aliphatic heterocycles. The number of carbonyl (C=O) groups excluding carboxylic acids is 1. The lowest BCUT2D eigenvalue weighted by atomic mass is 9.92. The molecule has 0 aromatic rings. The highest BCUT2D eigenvalue weighted by Crippen LogP contribution is 2.17. The van der Waals surface area contributed by atoms with Crippen molar-refractivity contribution in [3.63, 3.8) is 0 Å². The zero-order valence-electron chi connectivity index (χ0n) is 9.75. The maximum absolute atomic E-state index is 11.3. The van der Waals surface area contributed by atoms with E-state index in [9.17, 15) is 13.2 Å². The number of amides is 1. The molecular formula is C9H20N2O3S. The van der Waals surface area contributed by atoms with Crippen molar-refractivity contribution in [2.24, 2.45) is 5.41 Å². The summed E-state index contributed by atoms with van der Waals surface area (Å²) in [4.78, 5) is 11.3. The van der Waals surface area contributed by atoms with Gasteiger partial charge in [-0.2, -0.15) is 0 Å². The largest absolute Gasteiger partial charge is 0.355 e. The van der Waals surface area contributed by atoms with Gasteiger partial charge in [0, 0.05) is 19.5 Å². The van der Waals surface area contributed by atoms with Crippen molar-refractivity contribution < 1.29 is 13.2 Å². The average molecular weight is 236 g/mol. The van der Waals surface area contributed by atoms with Crippen LogP contribution in [0, 0.1) is 5.41 Å². The molecule has 90 valence electrons. The summed E-state index contributed by atoms with van der Waals surface area (Å²) >= 11 is 0. The van der Waals surface area contributed by atoms with Gasteiger partial charge in [0.25, 0.3) is 0 Å². The van der Waals surface area contributed by atoms with Crippen molar-refractivity contribution >= 4 is 15.9 Å². The molecule has 0 bridgehead atoms. The Morgan fingerprint density at radius 2 is 1.73 bits per heavy atom. The minimum atomic E-state index is -3.16. The van der Waals surface area contributed by atoms with Gasteiger partial charge in [-0.05, 0) is 5.41 Å². The van der Waals surface area contributed by atoms with Crippen LogP contribution >= 0.6 is 0 Å². The fourth-order valence-corrected chi connectivity index (χ4v) is 1.46. The van der Waals surface area contributed by atoms with Gasteiger partial charge in [0.2, 0.25) is 15.9 Å². The number of rotatable bonds is 5. The molecule has 5 nitrogen and oxygen atoms in total. The zero-order valence-corrected chi connectivity index (χ0v) is 10.6. The first kappa shape index (κ1) is 14.4. The second-order valence-corrected chi connectivity index (χ2v) is 6.59. The van der Waals surface area contributed by atoms with Crippen molar-refractivity contribution in [1.29, 1.82) is 0 Å². The highest BCUT2D eigenvalue weighted by molar-refractivity contribution is 7.88. The monoisotopic (exact) mass is 236 g/mol. The lowest BCUT2D eigenvalue weighted by Crippen LogP contribution is -2.35. The topological polar surface area (TPSA) is 75.3 Å². The minimum absolute atomic E-state index is 0.0473. The Morgan fingerprint density at radius 3 is 2.13 bits per heavy atom. The van der Waals surface area contributed by atoms with Gasteiger partial charge in [-0.1, -0.05) is 20.8 Å². The molecule has 0 fully saturated rings. The summed E-state index contributed by atoms with van der Waals surface area (Å²) < 4.78 is 23.7. The van der Waals surface area contributed by atoms with E-state index in [1.165, 1.54) is 0 Å². The average Bonchev–Trinajstić information content (AvgIpc) is 1.92. The van der Waals surface area contributed by atoms with E-state index in [-0.39, 0.29) is 17.9 Å². The van der Waals surface area contributed by atoms with Crippen LogP contribution in [0.2, 0.25) is 0 Å². The van der Waals surface area contributed by atoms with Gasteiger partial charge in [0.1, 0.15) is 0 Å². The molecule has 0 rings (SSSR count). The van der Waals surface area contributed by atoms with E-state index in [1.807, 2.05) is 20.8 Å². The van der Waals surface area contributed by atoms with E-state index < -0.39 is 10.0 Å². The van der Waals surface area contributed by atoms with Gasteiger partial charge >= 0.3 is 0 Å². The maximum Gasteiger partial charge on any atom is 0.220 e. The zero-order chi connectivity index (χ0) is 12.1. The fourth-order valence-electron chi connectivity index (χ4n) is 0.983. The third kappa shape index (κ3) is 11.3. The lowest BCUT2D eigenvalue weighted by molar-refractivity contribution is -0.122. The van der Waals surface area contributed by atoms with Gasteiger partial charge in [-0.15, -0.1) is 0 Å². The third-order valence-electron chi connectivity index (χ3n) is 1.50. The van der Waals surface area contributed by atoms with Gasteiger partial charge in [-0.3, -0.25) is 4.79 Å². The molecule has 0 atom stereocenters. The second-order valence-electron chi connectivity index (χ2n) is 4.75. The van der Waals surface area contributed by atoms with Crippen LogP contribution in [-0.2, 0) is 14.8 Å². The van der Waals surface area contributed by atoms with E-state index in [4.69, 9.17) is 0 Å². The molecule has 0 heterocycles. The van der Waals surface area contributed by atoms with Crippen molar-refractivity contribution in [3.8, 4) is 0 Å². The van der Waals surface area contributed by atoms with Gasteiger partial charge in [-0.25, -0.2) is 13.1 Å². The third-order valence-corrected chi connectivity index (χ3v) is 2.23. The second kappa shape index (κ2) is 5.46. The maximum atomic E-state index is 11.3. The SMILES string of the molecule is CC(C)(C)CC(=O)NCCNS(C)(=O)=O. The molecule has 0 saturated carbocycles. The van der Waals surface area contributed by atoms with Gasteiger partial charge < -0.3 is 5.32 Å². The van der Waals surface area contributed by atoms with E-state index in [2.05, 4.69) is 10.0 Å². The molecular weight excluding hydrogens is 216 g/mol. The predicted octanol–water partition coefficient (Wildman–Crippen LogP) is 0.0880. The number of hydrogen-bond donors (Lipinski definition) is 2. The normalized spacial score (nSPS) is 12.5. The van der Waals surface area contributed by atoms with Crippen LogP contribution in [0.1, 0.15) is 27.2 Å². The molecule has 0 spiro atoms. The first-order valence-corrected chi connectivity index (χ1v) is 6.71. The summed E-state index contributed by atoms with van der Waals surface area (Å²) in [5.74, 6) is -0.0576. The number of nitrogens with one attached hydrogen (secondary N) is 2. The number of sulfonamides is 1. The molecule has 0 saturated heterocycles. The quantitative estimate of drug-likeness (QED) is 0.664. The van der Waals surface area contributed by atoms with Crippen LogP contribution in [0.5, 0.6) is 0 Å². The Hall–Kier alpha value is -0.620. The summed E-state index contributed by atoms with van der Waals surface area (Å²) in [6, 6.07) is 0. The Bertz CT molecular complexity index is 304. The highest BCUT2D eigenvalue weighted by atomic mass is 32.2. The fraction of sp³-hybridized carbons (Fsp3) is 0.889. The van der Waals surface area contributed by atoms with Crippen molar-refractivity contribution in [2.75, 3.05) is 19.3 Å². The van der Waals surface area contributed by atoms with E-state index in [0.29, 0.717) is 13.0 Å². The molecule has 0 radical (unpaired) electrons. The molecule has 15 heavy (non-hydrogen) atoms. The molecule has 0 aromatic carbocycles. The van der Waals surface area contributed by atoms with Crippen molar-refractivity contribution in [3.05, 3.63) is 0 Å². The summed E-state index contributed by atoms with van der Waals surface area (Å²) in [5, 5.41) is 2.65. The van der Waals surface area contributed by atoms with E-state index >= 15 is 0 Å². The molecule has 0 aliphatic rings. The van der Waals surface area contributed by atoms with Crippen molar-refractivity contribution in [1.82, 2.24) is 10.0 Å². The first-order chi connectivity index (χ1) is 6.60. The minimum Gasteiger partial charge on any atom is -0.355 e. The molecule has 2 N–H and O–H groups in total. The molecule has 1 amide bonds. The van der Waals surface area contributed by atoms with E-state index in [1.54, 1.807) is 0 Å².